The third-order valence-electron chi connectivity index (χ3n) is 2.82. The molecule has 0 N–H and O–H groups in total. The van der Waals surface area contributed by atoms with Crippen LogP contribution in [0.1, 0.15) is 20.1 Å². The summed E-state index contributed by atoms with van der Waals surface area (Å²) in [6.07, 6.45) is 0. The highest BCUT2D eigenvalue weighted by Gasteiger charge is 2.16. The maximum absolute atomic E-state index is 12.2. The minimum atomic E-state index is 0.0531. The van der Waals surface area contributed by atoms with Gasteiger partial charge in [-0.25, -0.2) is 0 Å². The highest BCUT2D eigenvalue weighted by atomic mass is 32.1. The fraction of sp³-hybridized carbons (Fsp3) is 0.214. The lowest BCUT2D eigenvalue weighted by Crippen LogP contribution is -2.25. The predicted octanol–water partition coefficient (Wildman–Crippen LogP) is 3.64. The molecular formula is C14H15NOS. The van der Waals surface area contributed by atoms with Crippen LogP contribution in [-0.4, -0.2) is 13.0 Å². The van der Waals surface area contributed by atoms with Crippen molar-refractivity contribution in [2.75, 3.05) is 11.9 Å². The highest BCUT2D eigenvalue weighted by Crippen LogP contribution is 2.23. The van der Waals surface area contributed by atoms with Crippen LogP contribution in [-0.2, 0) is 0 Å². The number of benzene rings is 1. The van der Waals surface area contributed by atoms with Crippen molar-refractivity contribution in [1.29, 1.82) is 0 Å². The summed E-state index contributed by atoms with van der Waals surface area (Å²) in [6, 6.07) is 11.6. The zero-order valence-electron chi connectivity index (χ0n) is 10.2. The normalized spacial score (nSPS) is 10.3. The number of para-hydroxylation sites is 1. The SMILES string of the molecule is Cc1cc(C(=O)N(C)c2ccccc2)sc1C. The van der Waals surface area contributed by atoms with Crippen LogP contribution in [0.2, 0.25) is 0 Å². The smallest absolute Gasteiger partial charge is 0.268 e. The molecule has 1 aromatic heterocycles. The van der Waals surface area contributed by atoms with E-state index in [2.05, 4.69) is 0 Å². The summed E-state index contributed by atoms with van der Waals surface area (Å²) in [6.45, 7) is 4.07. The number of aryl methyl sites for hydroxylation is 2. The molecule has 88 valence electrons. The van der Waals surface area contributed by atoms with E-state index in [0.29, 0.717) is 0 Å². The summed E-state index contributed by atoms with van der Waals surface area (Å²) in [7, 11) is 1.81. The van der Waals surface area contributed by atoms with Gasteiger partial charge in [0.1, 0.15) is 0 Å². The lowest BCUT2D eigenvalue weighted by atomic mass is 10.2. The van der Waals surface area contributed by atoms with Gasteiger partial charge in [0.2, 0.25) is 0 Å². The van der Waals surface area contributed by atoms with Crippen molar-refractivity contribution in [2.45, 2.75) is 13.8 Å². The largest absolute Gasteiger partial charge is 0.311 e. The van der Waals surface area contributed by atoms with Crippen LogP contribution in [0.3, 0.4) is 0 Å². The average Bonchev–Trinajstić information content (AvgIpc) is 2.69. The fourth-order valence-corrected chi connectivity index (χ4v) is 2.62. The quantitative estimate of drug-likeness (QED) is 0.791. The number of rotatable bonds is 2. The standard InChI is InChI=1S/C14H15NOS/c1-10-9-13(17-11(10)2)14(16)15(3)12-7-5-4-6-8-12/h4-9H,1-3H3. The molecule has 0 saturated heterocycles. The first-order valence-corrected chi connectivity index (χ1v) is 6.31. The van der Waals surface area contributed by atoms with Crippen molar-refractivity contribution >= 4 is 22.9 Å². The Bertz CT molecular complexity index is 511. The molecule has 2 nitrogen and oxygen atoms in total. The van der Waals surface area contributed by atoms with Crippen LogP contribution < -0.4 is 4.90 Å². The van der Waals surface area contributed by atoms with Crippen molar-refractivity contribution in [3.05, 3.63) is 51.7 Å². The number of carbonyl (C=O) groups excluding carboxylic acids is 1. The topological polar surface area (TPSA) is 20.3 Å². The molecule has 0 unspecified atom stereocenters. The van der Waals surface area contributed by atoms with E-state index in [4.69, 9.17) is 0 Å². The second kappa shape index (κ2) is 4.72. The van der Waals surface area contributed by atoms with Gasteiger partial charge >= 0.3 is 0 Å². The third kappa shape index (κ3) is 2.39. The van der Waals surface area contributed by atoms with Gasteiger partial charge in [-0.1, -0.05) is 18.2 Å². The Morgan fingerprint density at radius 3 is 2.35 bits per heavy atom. The molecule has 0 saturated carbocycles. The van der Waals surface area contributed by atoms with E-state index in [-0.39, 0.29) is 5.91 Å². The zero-order valence-corrected chi connectivity index (χ0v) is 11.0. The number of thiophene rings is 1. The van der Waals surface area contributed by atoms with Gasteiger partial charge in [-0.15, -0.1) is 11.3 Å². The molecule has 0 radical (unpaired) electrons. The number of nitrogens with zero attached hydrogens (tertiary/aromatic N) is 1. The number of hydrogen-bond acceptors (Lipinski definition) is 2. The molecule has 17 heavy (non-hydrogen) atoms. The van der Waals surface area contributed by atoms with Crippen molar-refractivity contribution in [3.63, 3.8) is 0 Å². The third-order valence-corrected chi connectivity index (χ3v) is 3.97. The van der Waals surface area contributed by atoms with Crippen LogP contribution in [0.15, 0.2) is 36.4 Å². The first-order valence-electron chi connectivity index (χ1n) is 5.49. The van der Waals surface area contributed by atoms with Crippen LogP contribution in [0.25, 0.3) is 0 Å². The Hall–Kier alpha value is -1.61. The number of amides is 1. The van der Waals surface area contributed by atoms with Gasteiger partial charge in [0, 0.05) is 17.6 Å². The Morgan fingerprint density at radius 2 is 1.82 bits per heavy atom. The van der Waals surface area contributed by atoms with Gasteiger partial charge in [0.05, 0.1) is 4.88 Å². The van der Waals surface area contributed by atoms with Gasteiger partial charge in [0.15, 0.2) is 0 Å². The van der Waals surface area contributed by atoms with E-state index in [1.165, 1.54) is 10.4 Å². The lowest BCUT2D eigenvalue weighted by molar-refractivity contribution is 0.0997. The summed E-state index contributed by atoms with van der Waals surface area (Å²) >= 11 is 1.55. The maximum atomic E-state index is 12.2. The van der Waals surface area contributed by atoms with Gasteiger partial charge in [-0.05, 0) is 37.6 Å². The van der Waals surface area contributed by atoms with E-state index >= 15 is 0 Å². The van der Waals surface area contributed by atoms with Crippen molar-refractivity contribution in [3.8, 4) is 0 Å². The summed E-state index contributed by atoms with van der Waals surface area (Å²) in [5.41, 5.74) is 2.10. The maximum Gasteiger partial charge on any atom is 0.268 e. The van der Waals surface area contributed by atoms with Crippen LogP contribution in [0.5, 0.6) is 0 Å². The molecular weight excluding hydrogens is 230 g/mol. The van der Waals surface area contributed by atoms with E-state index in [0.717, 1.165) is 10.6 Å². The molecule has 2 rings (SSSR count). The summed E-state index contributed by atoms with van der Waals surface area (Å²) in [5, 5.41) is 0. The minimum absolute atomic E-state index is 0.0531. The molecule has 1 amide bonds. The van der Waals surface area contributed by atoms with Gasteiger partial charge < -0.3 is 4.90 Å². The molecule has 2 aromatic rings. The first kappa shape index (κ1) is 11.9. The molecule has 0 spiro atoms. The second-order valence-corrected chi connectivity index (χ2v) is 5.31. The lowest BCUT2D eigenvalue weighted by Gasteiger charge is -2.15. The van der Waals surface area contributed by atoms with E-state index < -0.39 is 0 Å². The van der Waals surface area contributed by atoms with Gasteiger partial charge in [-0.2, -0.15) is 0 Å². The molecule has 1 heterocycles. The second-order valence-electron chi connectivity index (χ2n) is 4.05. The Labute approximate surface area is 106 Å². The number of hydrogen-bond donors (Lipinski definition) is 0. The number of carbonyl (C=O) groups is 1. The summed E-state index contributed by atoms with van der Waals surface area (Å²) in [4.78, 5) is 15.9. The Morgan fingerprint density at radius 1 is 1.18 bits per heavy atom. The molecule has 0 fully saturated rings. The molecule has 3 heteroatoms. The van der Waals surface area contributed by atoms with Crippen molar-refractivity contribution in [2.24, 2.45) is 0 Å². The molecule has 0 aliphatic rings. The molecule has 1 aromatic carbocycles. The molecule has 0 aliphatic carbocycles. The summed E-state index contributed by atoms with van der Waals surface area (Å²) in [5.74, 6) is 0.0531. The van der Waals surface area contributed by atoms with E-state index in [9.17, 15) is 4.79 Å². The first-order chi connectivity index (χ1) is 8.09. The van der Waals surface area contributed by atoms with E-state index in [1.54, 1.807) is 16.2 Å². The fourth-order valence-electron chi connectivity index (χ4n) is 1.61. The average molecular weight is 245 g/mol. The van der Waals surface area contributed by atoms with Gasteiger partial charge in [0.25, 0.3) is 5.91 Å². The molecule has 0 atom stereocenters. The van der Waals surface area contributed by atoms with Crippen LogP contribution >= 0.6 is 11.3 Å². The Kier molecular flexibility index (Phi) is 3.29. The highest BCUT2D eigenvalue weighted by molar-refractivity contribution is 7.14. The molecule has 0 aliphatic heterocycles. The predicted molar refractivity (Wildman–Crippen MR) is 73.0 cm³/mol. The van der Waals surface area contributed by atoms with Gasteiger partial charge in [-0.3, -0.25) is 4.79 Å². The minimum Gasteiger partial charge on any atom is -0.311 e. The van der Waals surface area contributed by atoms with Crippen molar-refractivity contribution < 1.29 is 4.79 Å². The van der Waals surface area contributed by atoms with Crippen molar-refractivity contribution in [1.82, 2.24) is 0 Å². The Balaban J connectivity index is 2.26. The monoisotopic (exact) mass is 245 g/mol. The summed E-state index contributed by atoms with van der Waals surface area (Å²) < 4.78 is 0. The zero-order chi connectivity index (χ0) is 12.4. The molecule has 0 bridgehead atoms. The van der Waals surface area contributed by atoms with E-state index in [1.807, 2.05) is 57.3 Å². The number of anilines is 1. The van der Waals surface area contributed by atoms with Crippen LogP contribution in [0.4, 0.5) is 5.69 Å². The van der Waals surface area contributed by atoms with Crippen LogP contribution in [0, 0.1) is 13.8 Å².